The van der Waals surface area contributed by atoms with Crippen LogP contribution in [0.2, 0.25) is 0 Å². The number of nitrogens with two attached hydrogens (primary N) is 1. The minimum absolute atomic E-state index is 0.226. The van der Waals surface area contributed by atoms with Crippen LogP contribution in [-0.4, -0.2) is 32.5 Å². The van der Waals surface area contributed by atoms with Crippen molar-refractivity contribution in [3.8, 4) is 0 Å². The fraction of sp³-hybridized carbons (Fsp3) is 0.385. The Balaban J connectivity index is 1.82. The maximum atomic E-state index is 5.93. The van der Waals surface area contributed by atoms with Gasteiger partial charge < -0.3 is 10.3 Å². The molecule has 2 aromatic rings. The Morgan fingerprint density at radius 3 is 3.06 bits per heavy atom. The van der Waals surface area contributed by atoms with E-state index in [1.165, 1.54) is 5.56 Å². The van der Waals surface area contributed by atoms with E-state index in [1.54, 1.807) is 6.20 Å². The highest BCUT2D eigenvalue weighted by molar-refractivity contribution is 5.15. The average molecular weight is 243 g/mol. The zero-order valence-electron chi connectivity index (χ0n) is 10.2. The lowest BCUT2D eigenvalue weighted by Gasteiger charge is -2.34. The number of nitrogens with zero attached hydrogens (tertiary/aromatic N) is 4. The standard InChI is InChI=1S/C13H17N5/c14-8-12(11-2-1-3-15-9-11)18-7-6-17-5-4-16-13(17)10-18/h1-5,9,12H,6-8,10,14H2. The smallest absolute Gasteiger partial charge is 0.122 e. The minimum atomic E-state index is 0.226. The van der Waals surface area contributed by atoms with Gasteiger partial charge >= 0.3 is 0 Å². The average Bonchev–Trinajstić information content (AvgIpc) is 2.88. The second-order valence-electron chi connectivity index (χ2n) is 4.55. The fourth-order valence-electron chi connectivity index (χ4n) is 2.53. The van der Waals surface area contributed by atoms with Gasteiger partial charge in [-0.15, -0.1) is 0 Å². The van der Waals surface area contributed by atoms with E-state index in [0.717, 1.165) is 25.5 Å². The first-order valence-corrected chi connectivity index (χ1v) is 6.22. The minimum Gasteiger partial charge on any atom is -0.333 e. The molecule has 0 radical (unpaired) electrons. The van der Waals surface area contributed by atoms with E-state index >= 15 is 0 Å². The van der Waals surface area contributed by atoms with Gasteiger partial charge in [-0.05, 0) is 11.6 Å². The Hall–Kier alpha value is -1.72. The highest BCUT2D eigenvalue weighted by Crippen LogP contribution is 2.23. The Bertz CT molecular complexity index is 507. The van der Waals surface area contributed by atoms with E-state index in [2.05, 4.69) is 25.5 Å². The molecule has 3 heterocycles. The number of pyridine rings is 1. The Morgan fingerprint density at radius 2 is 2.28 bits per heavy atom. The molecule has 0 amide bonds. The molecule has 94 valence electrons. The molecule has 1 aliphatic heterocycles. The Kier molecular flexibility index (Phi) is 3.08. The van der Waals surface area contributed by atoms with E-state index in [0.29, 0.717) is 6.54 Å². The van der Waals surface area contributed by atoms with Gasteiger partial charge in [0, 0.05) is 50.5 Å². The van der Waals surface area contributed by atoms with Gasteiger partial charge in [0.25, 0.3) is 0 Å². The Labute approximate surface area is 106 Å². The molecule has 0 aromatic carbocycles. The van der Waals surface area contributed by atoms with Crippen LogP contribution in [0.4, 0.5) is 0 Å². The van der Waals surface area contributed by atoms with Crippen LogP contribution in [0.1, 0.15) is 17.4 Å². The molecule has 1 unspecified atom stereocenters. The molecule has 3 rings (SSSR count). The van der Waals surface area contributed by atoms with Crippen molar-refractivity contribution in [3.63, 3.8) is 0 Å². The van der Waals surface area contributed by atoms with Gasteiger partial charge in [-0.2, -0.15) is 0 Å². The molecule has 0 saturated heterocycles. The fourth-order valence-corrected chi connectivity index (χ4v) is 2.53. The maximum Gasteiger partial charge on any atom is 0.122 e. The molecule has 1 atom stereocenters. The summed E-state index contributed by atoms with van der Waals surface area (Å²) in [5, 5.41) is 0. The van der Waals surface area contributed by atoms with Gasteiger partial charge in [0.15, 0.2) is 0 Å². The molecule has 0 bridgehead atoms. The van der Waals surface area contributed by atoms with Crippen molar-refractivity contribution < 1.29 is 0 Å². The van der Waals surface area contributed by atoms with Crippen LogP contribution in [-0.2, 0) is 13.1 Å². The summed E-state index contributed by atoms with van der Waals surface area (Å²) >= 11 is 0. The van der Waals surface area contributed by atoms with Crippen LogP contribution in [0.3, 0.4) is 0 Å². The lowest BCUT2D eigenvalue weighted by atomic mass is 10.1. The van der Waals surface area contributed by atoms with Gasteiger partial charge in [-0.1, -0.05) is 6.07 Å². The highest BCUT2D eigenvalue weighted by atomic mass is 15.3. The lowest BCUT2D eigenvalue weighted by molar-refractivity contribution is 0.156. The zero-order valence-corrected chi connectivity index (χ0v) is 10.2. The SMILES string of the molecule is NCC(c1cccnc1)N1CCn2ccnc2C1. The lowest BCUT2D eigenvalue weighted by Crippen LogP contribution is -2.39. The molecule has 0 aliphatic carbocycles. The molecule has 0 fully saturated rings. The normalized spacial score (nSPS) is 17.4. The maximum absolute atomic E-state index is 5.93. The molecule has 5 nitrogen and oxygen atoms in total. The first-order chi connectivity index (χ1) is 8.88. The summed E-state index contributed by atoms with van der Waals surface area (Å²) in [7, 11) is 0. The van der Waals surface area contributed by atoms with Crippen molar-refractivity contribution in [3.05, 3.63) is 48.3 Å². The first-order valence-electron chi connectivity index (χ1n) is 6.22. The third-order valence-electron chi connectivity index (χ3n) is 3.51. The number of hydrogen-bond acceptors (Lipinski definition) is 4. The van der Waals surface area contributed by atoms with E-state index in [-0.39, 0.29) is 6.04 Å². The summed E-state index contributed by atoms with van der Waals surface area (Å²) in [6.07, 6.45) is 7.59. The topological polar surface area (TPSA) is 60.0 Å². The van der Waals surface area contributed by atoms with Crippen LogP contribution >= 0.6 is 0 Å². The van der Waals surface area contributed by atoms with Crippen molar-refractivity contribution in [1.82, 2.24) is 19.4 Å². The van der Waals surface area contributed by atoms with Crippen molar-refractivity contribution in [2.45, 2.75) is 19.1 Å². The summed E-state index contributed by atoms with van der Waals surface area (Å²) in [6.45, 7) is 3.43. The van der Waals surface area contributed by atoms with Gasteiger partial charge in [0.2, 0.25) is 0 Å². The summed E-state index contributed by atoms with van der Waals surface area (Å²) in [5.74, 6) is 1.11. The van der Waals surface area contributed by atoms with Crippen molar-refractivity contribution in [1.29, 1.82) is 0 Å². The molecule has 2 aromatic heterocycles. The molecule has 2 N–H and O–H groups in total. The third kappa shape index (κ3) is 2.02. The second-order valence-corrected chi connectivity index (χ2v) is 4.55. The molecule has 0 saturated carbocycles. The van der Waals surface area contributed by atoms with Gasteiger partial charge in [0.05, 0.1) is 6.54 Å². The number of hydrogen-bond donors (Lipinski definition) is 1. The van der Waals surface area contributed by atoms with Crippen LogP contribution in [0, 0.1) is 0 Å². The summed E-state index contributed by atoms with van der Waals surface area (Å²) in [4.78, 5) is 10.9. The number of fused-ring (bicyclic) bond motifs is 1. The van der Waals surface area contributed by atoms with Crippen molar-refractivity contribution in [2.24, 2.45) is 5.73 Å². The van der Waals surface area contributed by atoms with Gasteiger partial charge in [0.1, 0.15) is 5.82 Å². The summed E-state index contributed by atoms with van der Waals surface area (Å²) in [6, 6.07) is 4.28. The van der Waals surface area contributed by atoms with E-state index < -0.39 is 0 Å². The monoisotopic (exact) mass is 243 g/mol. The second kappa shape index (κ2) is 4.88. The molecule has 0 spiro atoms. The van der Waals surface area contributed by atoms with E-state index in [1.807, 2.05) is 24.7 Å². The van der Waals surface area contributed by atoms with Crippen LogP contribution in [0.25, 0.3) is 0 Å². The highest BCUT2D eigenvalue weighted by Gasteiger charge is 2.24. The van der Waals surface area contributed by atoms with Crippen molar-refractivity contribution in [2.75, 3.05) is 13.1 Å². The summed E-state index contributed by atoms with van der Waals surface area (Å²) in [5.41, 5.74) is 7.11. The van der Waals surface area contributed by atoms with E-state index in [4.69, 9.17) is 5.73 Å². The van der Waals surface area contributed by atoms with Gasteiger partial charge in [-0.25, -0.2) is 4.98 Å². The van der Waals surface area contributed by atoms with Crippen LogP contribution in [0.5, 0.6) is 0 Å². The number of imidazole rings is 1. The quantitative estimate of drug-likeness (QED) is 0.866. The predicted octanol–water partition coefficient (Wildman–Crippen LogP) is 0.794. The zero-order chi connectivity index (χ0) is 12.4. The Morgan fingerprint density at radius 1 is 1.33 bits per heavy atom. The van der Waals surface area contributed by atoms with E-state index in [9.17, 15) is 0 Å². The third-order valence-corrected chi connectivity index (χ3v) is 3.51. The van der Waals surface area contributed by atoms with Gasteiger partial charge in [-0.3, -0.25) is 9.88 Å². The predicted molar refractivity (Wildman–Crippen MR) is 68.7 cm³/mol. The summed E-state index contributed by atoms with van der Waals surface area (Å²) < 4.78 is 2.20. The van der Waals surface area contributed by atoms with Crippen molar-refractivity contribution >= 4 is 0 Å². The van der Waals surface area contributed by atoms with Crippen LogP contribution < -0.4 is 5.73 Å². The molecular weight excluding hydrogens is 226 g/mol. The number of rotatable bonds is 3. The molecule has 1 aliphatic rings. The largest absolute Gasteiger partial charge is 0.333 e. The molecule has 18 heavy (non-hydrogen) atoms. The molecular formula is C13H17N5. The van der Waals surface area contributed by atoms with Crippen LogP contribution in [0.15, 0.2) is 36.9 Å². The first kappa shape index (κ1) is 11.4. The molecule has 5 heteroatoms. The number of aromatic nitrogens is 3.